The summed E-state index contributed by atoms with van der Waals surface area (Å²) in [6.45, 7) is 0.523. The number of nitrogens with zero attached hydrogens (tertiary/aromatic N) is 2. The van der Waals surface area contributed by atoms with Crippen LogP contribution < -0.4 is 4.90 Å². The van der Waals surface area contributed by atoms with E-state index in [1.807, 2.05) is 71.6 Å². The first-order valence-corrected chi connectivity index (χ1v) is 10.7. The van der Waals surface area contributed by atoms with Crippen LogP contribution in [-0.2, 0) is 17.8 Å². The van der Waals surface area contributed by atoms with E-state index in [1.54, 1.807) is 11.3 Å². The minimum Gasteiger partial charge on any atom is -0.284 e. The van der Waals surface area contributed by atoms with Gasteiger partial charge in [-0.25, -0.2) is 4.98 Å². The molecule has 0 aliphatic rings. The van der Waals surface area contributed by atoms with Crippen LogP contribution in [0.2, 0.25) is 0 Å². The molecule has 1 aromatic heterocycles. The van der Waals surface area contributed by atoms with Crippen molar-refractivity contribution in [3.8, 4) is 0 Å². The van der Waals surface area contributed by atoms with E-state index in [9.17, 15) is 4.79 Å². The number of hydrogen-bond acceptors (Lipinski definition) is 3. The Morgan fingerprint density at radius 1 is 0.929 bits per heavy atom. The molecule has 0 fully saturated rings. The van der Waals surface area contributed by atoms with Crippen LogP contribution in [0, 0.1) is 0 Å². The second-order valence-electron chi connectivity index (χ2n) is 6.56. The molecule has 4 aromatic rings. The number of rotatable bonds is 6. The van der Waals surface area contributed by atoms with Crippen molar-refractivity contribution < 1.29 is 4.79 Å². The zero-order chi connectivity index (χ0) is 19.3. The lowest BCUT2D eigenvalue weighted by molar-refractivity contribution is -0.118. The van der Waals surface area contributed by atoms with E-state index in [-0.39, 0.29) is 5.91 Å². The molecule has 140 valence electrons. The van der Waals surface area contributed by atoms with Crippen molar-refractivity contribution in [2.45, 2.75) is 19.4 Å². The molecule has 28 heavy (non-hydrogen) atoms. The fourth-order valence-corrected chi connectivity index (χ4v) is 4.60. The van der Waals surface area contributed by atoms with E-state index in [0.717, 1.165) is 31.8 Å². The molecule has 0 aliphatic heterocycles. The summed E-state index contributed by atoms with van der Waals surface area (Å²) in [6, 6.07) is 26.2. The van der Waals surface area contributed by atoms with Crippen LogP contribution in [0.5, 0.6) is 0 Å². The molecule has 0 bridgehead atoms. The first-order valence-electron chi connectivity index (χ1n) is 9.13. The molecule has 0 saturated heterocycles. The van der Waals surface area contributed by atoms with Gasteiger partial charge in [-0.1, -0.05) is 87.9 Å². The van der Waals surface area contributed by atoms with Crippen molar-refractivity contribution >= 4 is 48.5 Å². The van der Waals surface area contributed by atoms with Gasteiger partial charge >= 0.3 is 0 Å². The third-order valence-corrected chi connectivity index (χ3v) is 6.06. The smallest absolute Gasteiger partial charge is 0.229 e. The third kappa shape index (κ3) is 4.49. The molecule has 0 N–H and O–H groups in total. The van der Waals surface area contributed by atoms with Crippen LogP contribution >= 0.6 is 27.3 Å². The van der Waals surface area contributed by atoms with Gasteiger partial charge in [-0.2, -0.15) is 0 Å². The molecular formula is C23H19BrN2OS. The molecule has 1 heterocycles. The minimum absolute atomic E-state index is 0.0887. The minimum atomic E-state index is 0.0887. The average molecular weight is 451 g/mol. The molecule has 0 unspecified atom stereocenters. The lowest BCUT2D eigenvalue weighted by Crippen LogP contribution is -2.30. The van der Waals surface area contributed by atoms with Gasteiger partial charge in [0.2, 0.25) is 5.91 Å². The number of anilines is 1. The van der Waals surface area contributed by atoms with E-state index in [2.05, 4.69) is 28.1 Å². The average Bonchev–Trinajstić information content (AvgIpc) is 3.14. The second-order valence-corrected chi connectivity index (χ2v) is 8.48. The molecule has 0 spiro atoms. The summed E-state index contributed by atoms with van der Waals surface area (Å²) >= 11 is 5.06. The van der Waals surface area contributed by atoms with Gasteiger partial charge in [-0.05, 0) is 35.7 Å². The first-order chi connectivity index (χ1) is 13.7. The number of thiazole rings is 1. The van der Waals surface area contributed by atoms with Crippen LogP contribution in [0.15, 0.2) is 83.3 Å². The van der Waals surface area contributed by atoms with E-state index in [4.69, 9.17) is 4.98 Å². The normalized spacial score (nSPS) is 10.9. The van der Waals surface area contributed by atoms with Crippen LogP contribution in [0.25, 0.3) is 10.2 Å². The molecule has 0 saturated carbocycles. The monoisotopic (exact) mass is 450 g/mol. The van der Waals surface area contributed by atoms with Gasteiger partial charge in [0.25, 0.3) is 0 Å². The van der Waals surface area contributed by atoms with Crippen molar-refractivity contribution in [1.29, 1.82) is 0 Å². The fraction of sp³-hybridized carbons (Fsp3) is 0.130. The highest BCUT2D eigenvalue weighted by molar-refractivity contribution is 9.10. The first kappa shape index (κ1) is 18.8. The molecule has 3 nitrogen and oxygen atoms in total. The summed E-state index contributed by atoms with van der Waals surface area (Å²) in [4.78, 5) is 19.7. The highest BCUT2D eigenvalue weighted by Gasteiger charge is 2.20. The number of fused-ring (bicyclic) bond motifs is 1. The Balaban J connectivity index is 1.61. The zero-order valence-corrected chi connectivity index (χ0v) is 17.6. The lowest BCUT2D eigenvalue weighted by Gasteiger charge is -2.20. The predicted molar refractivity (Wildman–Crippen MR) is 120 cm³/mol. The molecular weight excluding hydrogens is 432 g/mol. The van der Waals surface area contributed by atoms with Crippen molar-refractivity contribution in [2.75, 3.05) is 4.90 Å². The van der Waals surface area contributed by atoms with Gasteiger partial charge in [0.1, 0.15) is 0 Å². The van der Waals surface area contributed by atoms with Gasteiger partial charge < -0.3 is 0 Å². The largest absolute Gasteiger partial charge is 0.284 e. The van der Waals surface area contributed by atoms with Crippen molar-refractivity contribution in [1.82, 2.24) is 4.98 Å². The maximum Gasteiger partial charge on any atom is 0.229 e. The Labute approximate surface area is 176 Å². The number of amides is 1. The molecule has 0 atom stereocenters. The number of carbonyl (C=O) groups excluding carboxylic acids is 1. The lowest BCUT2D eigenvalue weighted by atomic mass is 10.1. The van der Waals surface area contributed by atoms with Crippen LogP contribution in [0.4, 0.5) is 5.13 Å². The third-order valence-electron chi connectivity index (χ3n) is 4.53. The van der Waals surface area contributed by atoms with Crippen LogP contribution in [-0.4, -0.2) is 10.9 Å². The van der Waals surface area contributed by atoms with Crippen molar-refractivity contribution in [3.05, 3.63) is 94.5 Å². The Bertz CT molecular complexity index is 1080. The summed E-state index contributed by atoms with van der Waals surface area (Å²) in [6.07, 6.45) is 1.18. The van der Waals surface area contributed by atoms with Gasteiger partial charge in [0.05, 0.1) is 16.8 Å². The molecule has 5 heteroatoms. The number of carbonyl (C=O) groups is 1. The SMILES string of the molecule is O=C(CCc1ccccc1)N(Cc1ccccc1)c1nc2ccc(Br)cc2s1. The molecule has 4 rings (SSSR count). The van der Waals surface area contributed by atoms with Gasteiger partial charge in [0.15, 0.2) is 5.13 Å². The Morgan fingerprint density at radius 3 is 2.32 bits per heavy atom. The summed E-state index contributed by atoms with van der Waals surface area (Å²) in [5.41, 5.74) is 3.18. The number of hydrogen-bond donors (Lipinski definition) is 0. The second kappa shape index (κ2) is 8.67. The molecule has 3 aromatic carbocycles. The predicted octanol–water partition coefficient (Wildman–Crippen LogP) is 6.22. The van der Waals surface area contributed by atoms with Gasteiger partial charge in [-0.3, -0.25) is 9.69 Å². The Morgan fingerprint density at radius 2 is 1.61 bits per heavy atom. The maximum absolute atomic E-state index is 13.1. The van der Waals surface area contributed by atoms with Gasteiger partial charge in [0, 0.05) is 10.9 Å². The zero-order valence-electron chi connectivity index (χ0n) is 15.2. The number of halogens is 1. The van der Waals surface area contributed by atoms with E-state index >= 15 is 0 Å². The highest BCUT2D eigenvalue weighted by Crippen LogP contribution is 2.32. The summed E-state index contributed by atoms with van der Waals surface area (Å²) in [5, 5.41) is 0.745. The van der Waals surface area contributed by atoms with Gasteiger partial charge in [-0.15, -0.1) is 0 Å². The Hall–Kier alpha value is -2.50. The quantitative estimate of drug-likeness (QED) is 0.349. The molecule has 1 amide bonds. The summed E-state index contributed by atoms with van der Waals surface area (Å²) < 4.78 is 2.08. The standard InChI is InChI=1S/C23H19BrN2OS/c24-19-12-13-20-21(15-19)28-23(25-20)26(16-18-9-5-2-6-10-18)22(27)14-11-17-7-3-1-4-8-17/h1-10,12-13,15H,11,14,16H2. The molecule has 0 radical (unpaired) electrons. The summed E-state index contributed by atoms with van der Waals surface area (Å²) in [7, 11) is 0. The maximum atomic E-state index is 13.1. The van der Waals surface area contributed by atoms with E-state index in [0.29, 0.717) is 13.0 Å². The summed E-state index contributed by atoms with van der Waals surface area (Å²) in [5.74, 6) is 0.0887. The Kier molecular flexibility index (Phi) is 5.84. The van der Waals surface area contributed by atoms with E-state index < -0.39 is 0 Å². The number of aryl methyl sites for hydroxylation is 1. The number of benzene rings is 3. The van der Waals surface area contributed by atoms with Crippen molar-refractivity contribution in [2.24, 2.45) is 0 Å². The van der Waals surface area contributed by atoms with E-state index in [1.165, 1.54) is 5.56 Å². The topological polar surface area (TPSA) is 33.2 Å². The van der Waals surface area contributed by atoms with Crippen LogP contribution in [0.1, 0.15) is 17.5 Å². The fourth-order valence-electron chi connectivity index (χ4n) is 3.06. The number of aromatic nitrogens is 1. The highest BCUT2D eigenvalue weighted by atomic mass is 79.9. The molecule has 0 aliphatic carbocycles. The van der Waals surface area contributed by atoms with Crippen LogP contribution in [0.3, 0.4) is 0 Å². The van der Waals surface area contributed by atoms with Crippen molar-refractivity contribution in [3.63, 3.8) is 0 Å².